The lowest BCUT2D eigenvalue weighted by atomic mass is 10.2. The van der Waals surface area contributed by atoms with Gasteiger partial charge in [0.1, 0.15) is 11.9 Å². The minimum atomic E-state index is -2.69. The fourth-order valence-electron chi connectivity index (χ4n) is 4.16. The lowest BCUT2D eigenvalue weighted by Crippen LogP contribution is -2.66. The van der Waals surface area contributed by atoms with Crippen molar-refractivity contribution in [3.05, 3.63) is 90.7 Å². The maximum absolute atomic E-state index is 13.6. The van der Waals surface area contributed by atoms with Crippen LogP contribution in [-0.2, 0) is 9.22 Å². The summed E-state index contributed by atoms with van der Waals surface area (Å²) >= 11 is 0. The molecular weight excluding hydrogens is 419 g/mol. The summed E-state index contributed by atoms with van der Waals surface area (Å²) in [6.45, 7) is 6.95. The number of carbonyl (C=O) groups excluding carboxylic acids is 1. The number of primary amides is 1. The Labute approximate surface area is 190 Å². The second-order valence-electron chi connectivity index (χ2n) is 8.91. The number of nitrogens with two attached hydrogens (primary N) is 1. The average molecular weight is 451 g/mol. The molecule has 3 aromatic rings. The topological polar surface area (TPSA) is 64.3 Å². The molecule has 0 unspecified atom stereocenters. The summed E-state index contributed by atoms with van der Waals surface area (Å²) in [4.78, 5) is 12.1. The van der Waals surface area contributed by atoms with Crippen LogP contribution in [0.3, 0.4) is 0 Å². The van der Waals surface area contributed by atoms with E-state index in [-0.39, 0.29) is 10.9 Å². The van der Waals surface area contributed by atoms with Crippen molar-refractivity contribution < 1.29 is 13.6 Å². The molecule has 32 heavy (non-hydrogen) atoms. The SMILES string of the molecule is CC(C)(C)[Si](OCC[C@H](Nc1cccc(F)c1)C(N)=O)(c1ccccc1)c1ccccc1. The standard InChI is InChI=1S/C26H31FN2O2Si/c1-26(2,3)32(22-13-6-4-7-14-22,23-15-8-5-9-16-23)31-18-17-24(25(28)30)29-21-12-10-11-20(27)19-21/h4-16,19,24,29H,17-18H2,1-3H3,(H2,28,30)/t24-/m0/s1. The van der Waals surface area contributed by atoms with Crippen molar-refractivity contribution in [1.29, 1.82) is 0 Å². The third kappa shape index (κ3) is 5.26. The number of anilines is 1. The van der Waals surface area contributed by atoms with Crippen LogP contribution in [0.2, 0.25) is 5.04 Å². The molecule has 3 aromatic carbocycles. The molecule has 0 heterocycles. The zero-order valence-corrected chi connectivity index (χ0v) is 19.8. The zero-order valence-electron chi connectivity index (χ0n) is 18.8. The Kier molecular flexibility index (Phi) is 7.48. The quantitative estimate of drug-likeness (QED) is 0.483. The fraction of sp³-hybridized carbons (Fsp3) is 0.269. The highest BCUT2D eigenvalue weighted by molar-refractivity contribution is 6.99. The average Bonchev–Trinajstić information content (AvgIpc) is 2.76. The predicted octanol–water partition coefficient (Wildman–Crippen LogP) is 4.06. The van der Waals surface area contributed by atoms with Crippen LogP contribution in [0, 0.1) is 5.82 Å². The molecule has 3 N–H and O–H groups in total. The molecule has 0 aliphatic rings. The van der Waals surface area contributed by atoms with Crippen molar-refractivity contribution in [2.75, 3.05) is 11.9 Å². The largest absolute Gasteiger partial charge is 0.407 e. The number of nitrogens with one attached hydrogen (secondary N) is 1. The molecule has 0 bridgehead atoms. The van der Waals surface area contributed by atoms with Gasteiger partial charge in [0.15, 0.2) is 0 Å². The number of amides is 1. The summed E-state index contributed by atoms with van der Waals surface area (Å²) in [5.41, 5.74) is 6.15. The summed E-state index contributed by atoms with van der Waals surface area (Å²) in [5, 5.41) is 5.23. The van der Waals surface area contributed by atoms with Crippen molar-refractivity contribution >= 4 is 30.3 Å². The van der Waals surface area contributed by atoms with E-state index in [1.165, 1.54) is 22.5 Å². The number of hydrogen-bond donors (Lipinski definition) is 2. The Morgan fingerprint density at radius 1 is 0.969 bits per heavy atom. The van der Waals surface area contributed by atoms with Crippen LogP contribution in [-0.4, -0.2) is 26.9 Å². The predicted molar refractivity (Wildman–Crippen MR) is 131 cm³/mol. The molecule has 1 amide bonds. The van der Waals surface area contributed by atoms with E-state index in [1.807, 2.05) is 36.4 Å². The third-order valence-electron chi connectivity index (χ3n) is 5.65. The van der Waals surface area contributed by atoms with Gasteiger partial charge in [-0.2, -0.15) is 0 Å². The number of rotatable bonds is 9. The lowest BCUT2D eigenvalue weighted by Gasteiger charge is -2.43. The van der Waals surface area contributed by atoms with Gasteiger partial charge in [0.25, 0.3) is 8.32 Å². The zero-order chi connectivity index (χ0) is 23.2. The molecule has 0 aromatic heterocycles. The molecule has 6 heteroatoms. The summed E-state index contributed by atoms with van der Waals surface area (Å²) in [5.74, 6) is -0.873. The first kappa shape index (κ1) is 23.7. The van der Waals surface area contributed by atoms with Gasteiger partial charge < -0.3 is 15.5 Å². The highest BCUT2D eigenvalue weighted by Gasteiger charge is 2.50. The molecule has 3 rings (SSSR count). The summed E-state index contributed by atoms with van der Waals surface area (Å²) in [6.07, 6.45) is 0.371. The number of hydrogen-bond acceptors (Lipinski definition) is 3. The number of halogens is 1. The van der Waals surface area contributed by atoms with Crippen molar-refractivity contribution in [3.63, 3.8) is 0 Å². The van der Waals surface area contributed by atoms with Crippen molar-refractivity contribution in [2.45, 2.75) is 38.3 Å². The molecule has 0 fully saturated rings. The summed E-state index contributed by atoms with van der Waals surface area (Å²) < 4.78 is 20.4. The summed E-state index contributed by atoms with van der Waals surface area (Å²) in [6, 6.07) is 26.0. The first-order chi connectivity index (χ1) is 15.2. The Bertz CT molecular complexity index is 983. The highest BCUT2D eigenvalue weighted by Crippen LogP contribution is 2.36. The monoisotopic (exact) mass is 450 g/mol. The van der Waals surface area contributed by atoms with Crippen LogP contribution >= 0.6 is 0 Å². The van der Waals surface area contributed by atoms with E-state index in [4.69, 9.17) is 10.2 Å². The van der Waals surface area contributed by atoms with Gasteiger partial charge in [-0.1, -0.05) is 87.5 Å². The van der Waals surface area contributed by atoms with Gasteiger partial charge in [0, 0.05) is 12.3 Å². The summed E-state index contributed by atoms with van der Waals surface area (Å²) in [7, 11) is -2.69. The first-order valence-corrected chi connectivity index (χ1v) is 12.7. The second kappa shape index (κ2) is 10.1. The van der Waals surface area contributed by atoms with E-state index < -0.39 is 20.3 Å². The molecule has 4 nitrogen and oxygen atoms in total. The van der Waals surface area contributed by atoms with Gasteiger partial charge in [-0.3, -0.25) is 4.79 Å². The Balaban J connectivity index is 1.89. The van der Waals surface area contributed by atoms with E-state index in [0.717, 1.165) is 0 Å². The van der Waals surface area contributed by atoms with Gasteiger partial charge in [0.2, 0.25) is 5.91 Å². The minimum Gasteiger partial charge on any atom is -0.407 e. The maximum Gasteiger partial charge on any atom is 0.261 e. The minimum absolute atomic E-state index is 0.159. The van der Waals surface area contributed by atoms with Crippen molar-refractivity contribution in [1.82, 2.24) is 0 Å². The highest BCUT2D eigenvalue weighted by atomic mass is 28.4. The van der Waals surface area contributed by atoms with Gasteiger partial charge >= 0.3 is 0 Å². The van der Waals surface area contributed by atoms with Gasteiger partial charge in [0.05, 0.1) is 0 Å². The van der Waals surface area contributed by atoms with Gasteiger partial charge in [-0.25, -0.2) is 4.39 Å². The fourth-order valence-corrected chi connectivity index (χ4v) is 8.74. The molecule has 0 radical (unpaired) electrons. The Morgan fingerprint density at radius 3 is 2.00 bits per heavy atom. The van der Waals surface area contributed by atoms with Crippen LogP contribution in [0.25, 0.3) is 0 Å². The van der Waals surface area contributed by atoms with Gasteiger partial charge in [-0.05, 0) is 40.0 Å². The maximum atomic E-state index is 13.6. The molecular formula is C26H31FN2O2Si. The molecule has 168 valence electrons. The molecule has 0 saturated heterocycles. The van der Waals surface area contributed by atoms with Crippen LogP contribution in [0.1, 0.15) is 27.2 Å². The van der Waals surface area contributed by atoms with E-state index in [1.54, 1.807) is 12.1 Å². The molecule has 0 saturated carbocycles. The van der Waals surface area contributed by atoms with E-state index in [2.05, 4.69) is 50.4 Å². The Morgan fingerprint density at radius 2 is 1.53 bits per heavy atom. The Hall–Kier alpha value is -2.96. The van der Waals surface area contributed by atoms with Crippen LogP contribution in [0.4, 0.5) is 10.1 Å². The van der Waals surface area contributed by atoms with Crippen LogP contribution in [0.5, 0.6) is 0 Å². The normalized spacial score (nSPS) is 12.9. The smallest absolute Gasteiger partial charge is 0.261 e. The van der Waals surface area contributed by atoms with Crippen LogP contribution in [0.15, 0.2) is 84.9 Å². The van der Waals surface area contributed by atoms with E-state index in [0.29, 0.717) is 18.7 Å². The first-order valence-electron chi connectivity index (χ1n) is 10.8. The van der Waals surface area contributed by atoms with Crippen molar-refractivity contribution in [3.8, 4) is 0 Å². The molecule has 0 aliphatic carbocycles. The number of carbonyl (C=O) groups is 1. The van der Waals surface area contributed by atoms with E-state index in [9.17, 15) is 9.18 Å². The van der Waals surface area contributed by atoms with Gasteiger partial charge in [-0.15, -0.1) is 0 Å². The van der Waals surface area contributed by atoms with E-state index >= 15 is 0 Å². The molecule has 0 spiro atoms. The molecule has 0 aliphatic heterocycles. The number of benzene rings is 3. The molecule has 1 atom stereocenters. The third-order valence-corrected chi connectivity index (χ3v) is 10.7. The van der Waals surface area contributed by atoms with Crippen LogP contribution < -0.4 is 21.4 Å². The second-order valence-corrected chi connectivity index (χ2v) is 13.2. The van der Waals surface area contributed by atoms with Crippen molar-refractivity contribution in [2.24, 2.45) is 5.73 Å². The lowest BCUT2D eigenvalue weighted by molar-refractivity contribution is -0.119.